The van der Waals surface area contributed by atoms with Crippen molar-refractivity contribution in [1.29, 1.82) is 0 Å². The van der Waals surface area contributed by atoms with Gasteiger partial charge in [-0.3, -0.25) is 4.79 Å². The van der Waals surface area contributed by atoms with Crippen LogP contribution in [0, 0.1) is 5.82 Å². The van der Waals surface area contributed by atoms with Gasteiger partial charge in [-0.2, -0.15) is 0 Å². The van der Waals surface area contributed by atoms with Crippen molar-refractivity contribution in [1.82, 2.24) is 10.6 Å². The Balaban J connectivity index is 1.74. The molecule has 0 aromatic heterocycles. The maximum atomic E-state index is 12.9. The summed E-state index contributed by atoms with van der Waals surface area (Å²) in [7, 11) is 1.54. The molecule has 140 valence electrons. The SMILES string of the molecule is COCCNC(=O)CC1OC(CNCc2ccc(F)cc2)C(O)C1O. The van der Waals surface area contributed by atoms with Crippen LogP contribution in [0.25, 0.3) is 0 Å². The summed E-state index contributed by atoms with van der Waals surface area (Å²) < 4.78 is 23.3. The third kappa shape index (κ3) is 6.02. The zero-order valence-corrected chi connectivity index (χ0v) is 14.2. The average Bonchev–Trinajstić information content (AvgIpc) is 2.85. The first-order valence-corrected chi connectivity index (χ1v) is 8.23. The van der Waals surface area contributed by atoms with Gasteiger partial charge in [0.25, 0.3) is 0 Å². The highest BCUT2D eigenvalue weighted by molar-refractivity contribution is 5.76. The molecule has 1 aliphatic rings. The zero-order chi connectivity index (χ0) is 18.2. The molecule has 1 fully saturated rings. The lowest BCUT2D eigenvalue weighted by Gasteiger charge is -2.15. The molecule has 4 atom stereocenters. The van der Waals surface area contributed by atoms with Crippen molar-refractivity contribution in [3.05, 3.63) is 35.6 Å². The number of methoxy groups -OCH3 is 1. The summed E-state index contributed by atoms with van der Waals surface area (Å²) in [5.41, 5.74) is 0.892. The molecule has 1 amide bonds. The molecular formula is C17H25FN2O5. The van der Waals surface area contributed by atoms with Crippen LogP contribution in [0.5, 0.6) is 0 Å². The van der Waals surface area contributed by atoms with E-state index in [0.717, 1.165) is 5.56 Å². The molecule has 8 heteroatoms. The Morgan fingerprint density at radius 2 is 1.92 bits per heavy atom. The Bertz CT molecular complexity index is 542. The van der Waals surface area contributed by atoms with Crippen molar-refractivity contribution in [3.8, 4) is 0 Å². The van der Waals surface area contributed by atoms with Gasteiger partial charge in [-0.05, 0) is 17.7 Å². The van der Waals surface area contributed by atoms with Gasteiger partial charge < -0.3 is 30.3 Å². The second kappa shape index (κ2) is 9.79. The minimum atomic E-state index is -1.12. The highest BCUT2D eigenvalue weighted by atomic mass is 19.1. The number of hydrogen-bond donors (Lipinski definition) is 4. The first-order chi connectivity index (χ1) is 12.0. The Morgan fingerprint density at radius 1 is 1.24 bits per heavy atom. The molecule has 4 N–H and O–H groups in total. The number of amides is 1. The molecule has 25 heavy (non-hydrogen) atoms. The number of ether oxygens (including phenoxy) is 2. The number of halogens is 1. The average molecular weight is 356 g/mol. The molecule has 0 aliphatic carbocycles. The molecule has 0 radical (unpaired) electrons. The molecule has 1 aromatic carbocycles. The highest BCUT2D eigenvalue weighted by Gasteiger charge is 2.42. The van der Waals surface area contributed by atoms with E-state index in [1.54, 1.807) is 12.1 Å². The van der Waals surface area contributed by atoms with Crippen LogP contribution in [-0.2, 0) is 20.8 Å². The summed E-state index contributed by atoms with van der Waals surface area (Å²) in [4.78, 5) is 11.8. The van der Waals surface area contributed by atoms with Crippen molar-refractivity contribution in [2.45, 2.75) is 37.4 Å². The molecule has 0 spiro atoms. The van der Waals surface area contributed by atoms with E-state index in [4.69, 9.17) is 9.47 Å². The largest absolute Gasteiger partial charge is 0.388 e. The van der Waals surface area contributed by atoms with Crippen LogP contribution in [0.2, 0.25) is 0 Å². The van der Waals surface area contributed by atoms with E-state index in [9.17, 15) is 19.4 Å². The molecule has 0 bridgehead atoms. The van der Waals surface area contributed by atoms with Crippen molar-refractivity contribution in [2.75, 3.05) is 26.8 Å². The first-order valence-electron chi connectivity index (χ1n) is 8.23. The Morgan fingerprint density at radius 3 is 2.60 bits per heavy atom. The fraction of sp³-hybridized carbons (Fsp3) is 0.588. The zero-order valence-electron chi connectivity index (χ0n) is 14.2. The number of rotatable bonds is 9. The number of carbonyl (C=O) groups is 1. The molecule has 1 aromatic rings. The van der Waals surface area contributed by atoms with E-state index < -0.39 is 24.4 Å². The molecule has 4 unspecified atom stereocenters. The lowest BCUT2D eigenvalue weighted by molar-refractivity contribution is -0.125. The van der Waals surface area contributed by atoms with Crippen LogP contribution < -0.4 is 10.6 Å². The van der Waals surface area contributed by atoms with E-state index in [0.29, 0.717) is 26.2 Å². The molecule has 0 saturated carbocycles. The van der Waals surface area contributed by atoms with E-state index in [2.05, 4.69) is 10.6 Å². The molecule has 1 saturated heterocycles. The van der Waals surface area contributed by atoms with Gasteiger partial charge in [-0.1, -0.05) is 12.1 Å². The third-order valence-corrected chi connectivity index (χ3v) is 4.06. The number of aliphatic hydroxyl groups excluding tert-OH is 2. The lowest BCUT2D eigenvalue weighted by atomic mass is 10.1. The second-order valence-electron chi connectivity index (χ2n) is 6.00. The van der Waals surface area contributed by atoms with E-state index in [-0.39, 0.29) is 18.1 Å². The van der Waals surface area contributed by atoms with Crippen molar-refractivity contribution in [3.63, 3.8) is 0 Å². The standard InChI is InChI=1S/C17H25FN2O5/c1-24-7-6-20-15(21)8-13-16(22)17(23)14(25-13)10-19-9-11-2-4-12(18)5-3-11/h2-5,13-14,16-17,19,22-23H,6-10H2,1H3,(H,20,21). The first kappa shape index (κ1) is 19.7. The quantitative estimate of drug-likeness (QED) is 0.448. The number of carbonyl (C=O) groups excluding carboxylic acids is 1. The van der Waals surface area contributed by atoms with Crippen LogP contribution in [0.3, 0.4) is 0 Å². The monoisotopic (exact) mass is 356 g/mol. The van der Waals surface area contributed by atoms with Gasteiger partial charge in [0, 0.05) is 26.7 Å². The van der Waals surface area contributed by atoms with Crippen LogP contribution in [0.1, 0.15) is 12.0 Å². The van der Waals surface area contributed by atoms with Gasteiger partial charge in [0.1, 0.15) is 18.0 Å². The fourth-order valence-corrected chi connectivity index (χ4v) is 2.67. The molecule has 2 rings (SSSR count). The summed E-state index contributed by atoms with van der Waals surface area (Å²) in [6.45, 7) is 1.56. The van der Waals surface area contributed by atoms with Gasteiger partial charge in [0.2, 0.25) is 5.91 Å². The fourth-order valence-electron chi connectivity index (χ4n) is 2.67. The normalized spacial score (nSPS) is 25.9. The molecular weight excluding hydrogens is 331 g/mol. The summed E-state index contributed by atoms with van der Waals surface area (Å²) in [5.74, 6) is -0.568. The third-order valence-electron chi connectivity index (χ3n) is 4.06. The second-order valence-corrected chi connectivity index (χ2v) is 6.00. The van der Waals surface area contributed by atoms with Gasteiger partial charge in [0.05, 0.1) is 25.2 Å². The van der Waals surface area contributed by atoms with E-state index >= 15 is 0 Å². The van der Waals surface area contributed by atoms with E-state index in [1.165, 1.54) is 19.2 Å². The van der Waals surface area contributed by atoms with Crippen molar-refractivity contribution in [2.24, 2.45) is 0 Å². The van der Waals surface area contributed by atoms with Gasteiger partial charge in [0.15, 0.2) is 0 Å². The topological polar surface area (TPSA) is 100 Å². The Labute approximate surface area is 146 Å². The smallest absolute Gasteiger partial charge is 0.222 e. The van der Waals surface area contributed by atoms with Crippen LogP contribution in [-0.4, -0.2) is 67.3 Å². The van der Waals surface area contributed by atoms with E-state index in [1.807, 2.05) is 0 Å². The number of aliphatic hydroxyl groups is 2. The van der Waals surface area contributed by atoms with Gasteiger partial charge >= 0.3 is 0 Å². The Kier molecular flexibility index (Phi) is 7.73. The predicted molar refractivity (Wildman–Crippen MR) is 88.3 cm³/mol. The highest BCUT2D eigenvalue weighted by Crippen LogP contribution is 2.23. The number of benzene rings is 1. The Hall–Kier alpha value is -1.58. The number of nitrogens with one attached hydrogen (secondary N) is 2. The lowest BCUT2D eigenvalue weighted by Crippen LogP contribution is -2.38. The van der Waals surface area contributed by atoms with Crippen LogP contribution >= 0.6 is 0 Å². The summed E-state index contributed by atoms with van der Waals surface area (Å²) in [6.07, 6.45) is -3.60. The predicted octanol–water partition coefficient (Wildman–Crippen LogP) is -0.443. The summed E-state index contributed by atoms with van der Waals surface area (Å²) >= 11 is 0. The maximum absolute atomic E-state index is 12.9. The molecule has 7 nitrogen and oxygen atoms in total. The molecule has 1 heterocycles. The summed E-state index contributed by atoms with van der Waals surface area (Å²) in [5, 5.41) is 25.9. The van der Waals surface area contributed by atoms with Crippen LogP contribution in [0.4, 0.5) is 4.39 Å². The van der Waals surface area contributed by atoms with Crippen molar-refractivity contribution >= 4 is 5.91 Å². The minimum Gasteiger partial charge on any atom is -0.388 e. The van der Waals surface area contributed by atoms with Gasteiger partial charge in [-0.25, -0.2) is 4.39 Å². The van der Waals surface area contributed by atoms with Gasteiger partial charge in [-0.15, -0.1) is 0 Å². The maximum Gasteiger partial charge on any atom is 0.222 e. The molecule has 1 aliphatic heterocycles. The van der Waals surface area contributed by atoms with Crippen LogP contribution in [0.15, 0.2) is 24.3 Å². The summed E-state index contributed by atoms with van der Waals surface area (Å²) in [6, 6.07) is 6.08. The van der Waals surface area contributed by atoms with Crippen molar-refractivity contribution < 1.29 is 28.9 Å². The minimum absolute atomic E-state index is 0.0313. The number of hydrogen-bond acceptors (Lipinski definition) is 6.